The Bertz CT molecular complexity index is 558. The molecule has 1 N–H and O–H groups in total. The highest BCUT2D eigenvalue weighted by molar-refractivity contribution is 7.20. The van der Waals surface area contributed by atoms with Crippen LogP contribution in [0.3, 0.4) is 0 Å². The Morgan fingerprint density at radius 2 is 2.25 bits per heavy atom. The van der Waals surface area contributed by atoms with Crippen molar-refractivity contribution >= 4 is 28.6 Å². The predicted molar refractivity (Wildman–Crippen MR) is 74.4 cm³/mol. The van der Waals surface area contributed by atoms with Gasteiger partial charge in [-0.05, 0) is 11.4 Å². The third-order valence-electron chi connectivity index (χ3n) is 2.47. The quantitative estimate of drug-likeness (QED) is 0.890. The van der Waals surface area contributed by atoms with Crippen molar-refractivity contribution in [2.75, 3.05) is 19.7 Å². The molecule has 0 saturated carbocycles. The lowest BCUT2D eigenvalue weighted by Crippen LogP contribution is -2.37. The third-order valence-corrected chi connectivity index (χ3v) is 4.35. The van der Waals surface area contributed by atoms with E-state index in [9.17, 15) is 13.6 Å². The number of carbonyl (C=O) groups excluding carboxylic acids is 1. The standard InChI is InChI=1S/C12H12F2N2O2S2/c13-10(14)6-16(3-4-17)12(18)8-7-20-11(15-8)9-2-1-5-19-9/h1-2,5,7,10,17H,3-4,6H2. The Kier molecular flexibility index (Phi) is 5.16. The number of thiazole rings is 1. The van der Waals surface area contributed by atoms with E-state index in [4.69, 9.17) is 5.11 Å². The lowest BCUT2D eigenvalue weighted by Gasteiger charge is -2.19. The average Bonchev–Trinajstić information content (AvgIpc) is 3.07. The first-order valence-electron chi connectivity index (χ1n) is 5.79. The van der Waals surface area contributed by atoms with Crippen molar-refractivity contribution in [3.8, 4) is 9.88 Å². The fourth-order valence-electron chi connectivity index (χ4n) is 1.61. The summed E-state index contributed by atoms with van der Waals surface area (Å²) in [5.41, 5.74) is 0.132. The van der Waals surface area contributed by atoms with Crippen LogP contribution in [0.25, 0.3) is 9.88 Å². The maximum atomic E-state index is 12.4. The zero-order valence-electron chi connectivity index (χ0n) is 10.3. The van der Waals surface area contributed by atoms with Gasteiger partial charge in [-0.25, -0.2) is 13.8 Å². The number of thiophene rings is 1. The normalized spacial score (nSPS) is 11.0. The molecule has 2 aromatic rings. The average molecular weight is 318 g/mol. The number of amides is 1. The number of aliphatic hydroxyl groups excluding tert-OH is 1. The number of carbonyl (C=O) groups is 1. The van der Waals surface area contributed by atoms with E-state index >= 15 is 0 Å². The highest BCUT2D eigenvalue weighted by Crippen LogP contribution is 2.28. The van der Waals surface area contributed by atoms with Crippen molar-refractivity contribution in [3.05, 3.63) is 28.6 Å². The topological polar surface area (TPSA) is 53.4 Å². The van der Waals surface area contributed by atoms with Gasteiger partial charge in [0.05, 0.1) is 18.0 Å². The van der Waals surface area contributed by atoms with Gasteiger partial charge in [-0.15, -0.1) is 22.7 Å². The molecule has 0 aliphatic carbocycles. The maximum Gasteiger partial charge on any atom is 0.273 e. The molecule has 0 unspecified atom stereocenters. The molecule has 0 saturated heterocycles. The number of alkyl halides is 2. The molecule has 0 atom stereocenters. The van der Waals surface area contributed by atoms with Gasteiger partial charge in [-0.3, -0.25) is 4.79 Å². The molecule has 2 aromatic heterocycles. The summed E-state index contributed by atoms with van der Waals surface area (Å²) < 4.78 is 24.8. The summed E-state index contributed by atoms with van der Waals surface area (Å²) >= 11 is 2.79. The Labute approximate surface area is 122 Å². The minimum Gasteiger partial charge on any atom is -0.395 e. The molecule has 0 spiro atoms. The molecule has 0 aliphatic rings. The van der Waals surface area contributed by atoms with Gasteiger partial charge in [0.2, 0.25) is 0 Å². The van der Waals surface area contributed by atoms with Gasteiger partial charge >= 0.3 is 0 Å². The zero-order chi connectivity index (χ0) is 14.5. The third kappa shape index (κ3) is 3.59. The summed E-state index contributed by atoms with van der Waals surface area (Å²) in [5.74, 6) is -0.585. The maximum absolute atomic E-state index is 12.4. The van der Waals surface area contributed by atoms with E-state index in [0.29, 0.717) is 5.01 Å². The predicted octanol–water partition coefficient (Wildman–Crippen LogP) is 2.57. The molecule has 0 aliphatic heterocycles. The van der Waals surface area contributed by atoms with Gasteiger partial charge in [-0.1, -0.05) is 6.07 Å². The summed E-state index contributed by atoms with van der Waals surface area (Å²) in [6.07, 6.45) is -2.64. The van der Waals surface area contributed by atoms with Crippen LogP contribution in [-0.4, -0.2) is 47.0 Å². The van der Waals surface area contributed by atoms with E-state index in [1.807, 2.05) is 17.5 Å². The van der Waals surface area contributed by atoms with Crippen LogP contribution in [0.2, 0.25) is 0 Å². The first-order chi connectivity index (χ1) is 9.61. The number of hydrogen-bond donors (Lipinski definition) is 1. The molecule has 0 fully saturated rings. The van der Waals surface area contributed by atoms with E-state index in [2.05, 4.69) is 4.98 Å². The van der Waals surface area contributed by atoms with Crippen molar-refractivity contribution in [3.63, 3.8) is 0 Å². The van der Waals surface area contributed by atoms with E-state index < -0.39 is 18.9 Å². The van der Waals surface area contributed by atoms with Gasteiger partial charge in [0.25, 0.3) is 12.3 Å². The van der Waals surface area contributed by atoms with E-state index in [0.717, 1.165) is 9.78 Å². The van der Waals surface area contributed by atoms with E-state index in [1.165, 1.54) is 22.7 Å². The molecule has 20 heavy (non-hydrogen) atoms. The summed E-state index contributed by atoms with van der Waals surface area (Å²) in [7, 11) is 0. The van der Waals surface area contributed by atoms with Crippen molar-refractivity contribution in [1.82, 2.24) is 9.88 Å². The van der Waals surface area contributed by atoms with Crippen molar-refractivity contribution in [1.29, 1.82) is 0 Å². The second kappa shape index (κ2) is 6.87. The van der Waals surface area contributed by atoms with Gasteiger partial charge < -0.3 is 10.0 Å². The SMILES string of the molecule is O=C(c1csc(-c2cccs2)n1)N(CCO)CC(F)F. The summed E-state index contributed by atoms with van der Waals surface area (Å²) in [5, 5.41) is 13.0. The minimum atomic E-state index is -2.64. The Hall–Kier alpha value is -1.38. The summed E-state index contributed by atoms with van der Waals surface area (Å²) in [6.45, 7) is -1.19. The van der Waals surface area contributed by atoms with Crippen molar-refractivity contribution < 1.29 is 18.7 Å². The van der Waals surface area contributed by atoms with Crippen LogP contribution in [0.5, 0.6) is 0 Å². The second-order valence-electron chi connectivity index (χ2n) is 3.88. The Morgan fingerprint density at radius 1 is 1.45 bits per heavy atom. The van der Waals surface area contributed by atoms with Crippen LogP contribution in [0, 0.1) is 0 Å². The van der Waals surface area contributed by atoms with Gasteiger partial charge in [0, 0.05) is 11.9 Å². The Balaban J connectivity index is 2.15. The van der Waals surface area contributed by atoms with Gasteiger partial charge in [0.1, 0.15) is 10.7 Å². The molecule has 4 nitrogen and oxygen atoms in total. The van der Waals surface area contributed by atoms with E-state index in [-0.39, 0.29) is 18.8 Å². The highest BCUT2D eigenvalue weighted by Gasteiger charge is 2.22. The van der Waals surface area contributed by atoms with Gasteiger partial charge in [-0.2, -0.15) is 0 Å². The number of aliphatic hydroxyl groups is 1. The number of rotatable bonds is 6. The van der Waals surface area contributed by atoms with Crippen molar-refractivity contribution in [2.45, 2.75) is 6.43 Å². The molecule has 2 heterocycles. The van der Waals surface area contributed by atoms with Crippen LogP contribution >= 0.6 is 22.7 Å². The van der Waals surface area contributed by atoms with Gasteiger partial charge in [0.15, 0.2) is 0 Å². The number of hydrogen-bond acceptors (Lipinski definition) is 5. The van der Waals surface area contributed by atoms with Crippen LogP contribution in [-0.2, 0) is 0 Å². The molecule has 0 radical (unpaired) electrons. The summed E-state index contributed by atoms with van der Waals surface area (Å²) in [4.78, 5) is 18.1. The molecule has 8 heteroatoms. The first-order valence-corrected chi connectivity index (χ1v) is 7.55. The monoisotopic (exact) mass is 318 g/mol. The number of nitrogens with zero attached hydrogens (tertiary/aromatic N) is 2. The summed E-state index contributed by atoms with van der Waals surface area (Å²) in [6, 6.07) is 3.75. The Morgan fingerprint density at radius 3 is 2.85 bits per heavy atom. The number of aromatic nitrogens is 1. The van der Waals surface area contributed by atoms with Crippen LogP contribution in [0.1, 0.15) is 10.5 Å². The van der Waals surface area contributed by atoms with Crippen molar-refractivity contribution in [2.24, 2.45) is 0 Å². The fourth-order valence-corrected chi connectivity index (χ4v) is 3.22. The molecule has 108 valence electrons. The van der Waals surface area contributed by atoms with Crippen LogP contribution < -0.4 is 0 Å². The largest absolute Gasteiger partial charge is 0.395 e. The fraction of sp³-hybridized carbons (Fsp3) is 0.333. The zero-order valence-corrected chi connectivity index (χ0v) is 12.0. The smallest absolute Gasteiger partial charge is 0.273 e. The molecular formula is C12H12F2N2O2S2. The molecule has 2 rings (SSSR count). The first kappa shape index (κ1) is 15.0. The molecule has 1 amide bonds. The van der Waals surface area contributed by atoms with E-state index in [1.54, 1.807) is 5.38 Å². The number of halogens is 2. The van der Waals surface area contributed by atoms with Crippen LogP contribution in [0.4, 0.5) is 8.78 Å². The molecule has 0 bridgehead atoms. The lowest BCUT2D eigenvalue weighted by molar-refractivity contribution is 0.0505. The molecule has 0 aromatic carbocycles. The minimum absolute atomic E-state index is 0.130. The van der Waals surface area contributed by atoms with Crippen LogP contribution in [0.15, 0.2) is 22.9 Å². The lowest BCUT2D eigenvalue weighted by atomic mass is 10.3. The second-order valence-corrected chi connectivity index (χ2v) is 5.69. The molecular weight excluding hydrogens is 306 g/mol. The highest BCUT2D eigenvalue weighted by atomic mass is 32.1.